The minimum atomic E-state index is -0.373. The van der Waals surface area contributed by atoms with Crippen LogP contribution in [0.5, 0.6) is 0 Å². The summed E-state index contributed by atoms with van der Waals surface area (Å²) < 4.78 is 6.74. The van der Waals surface area contributed by atoms with Gasteiger partial charge in [0.15, 0.2) is 0 Å². The van der Waals surface area contributed by atoms with Gasteiger partial charge in [0.2, 0.25) is 0 Å². The number of carbonyl (C=O) groups is 1. The lowest BCUT2D eigenvalue weighted by molar-refractivity contribution is 0.0526. The number of rotatable bonds is 4. The third-order valence-corrected chi connectivity index (χ3v) is 2.67. The first-order valence-electron chi connectivity index (χ1n) is 6.11. The lowest BCUT2D eigenvalue weighted by Crippen LogP contribution is -2.08. The van der Waals surface area contributed by atoms with Gasteiger partial charge >= 0.3 is 5.97 Å². The van der Waals surface area contributed by atoms with Gasteiger partial charge in [0.1, 0.15) is 5.56 Å². The lowest BCUT2D eigenvalue weighted by Gasteiger charge is -2.09. The van der Waals surface area contributed by atoms with Crippen molar-refractivity contribution in [2.45, 2.75) is 13.8 Å². The van der Waals surface area contributed by atoms with Crippen LogP contribution in [0.1, 0.15) is 29.9 Å². The van der Waals surface area contributed by atoms with E-state index in [-0.39, 0.29) is 5.97 Å². The van der Waals surface area contributed by atoms with Crippen LogP contribution in [0.3, 0.4) is 0 Å². The van der Waals surface area contributed by atoms with Gasteiger partial charge in [-0.2, -0.15) is 5.10 Å². The van der Waals surface area contributed by atoms with Gasteiger partial charge in [-0.15, -0.1) is 0 Å². The minimum Gasteiger partial charge on any atom is -0.462 e. The third-order valence-electron chi connectivity index (χ3n) is 2.67. The number of nitrogens with zero attached hydrogens (tertiary/aromatic N) is 2. The van der Waals surface area contributed by atoms with E-state index in [1.165, 1.54) is 6.20 Å². The van der Waals surface area contributed by atoms with E-state index in [0.717, 1.165) is 11.3 Å². The molecule has 0 bridgehead atoms. The number of allylic oxidation sites excluding steroid dienone is 1. The summed E-state index contributed by atoms with van der Waals surface area (Å²) in [6.07, 6.45) is 1.52. The highest BCUT2D eigenvalue weighted by Gasteiger charge is 2.19. The standard InChI is InChI=1S/C15H16N2O2/c1-4-19-15(18)13-10-16-17(14(13)11(2)3)12-8-6-5-7-9-12/h5-10H,2,4H2,1,3H3. The van der Waals surface area contributed by atoms with E-state index in [2.05, 4.69) is 11.7 Å². The highest BCUT2D eigenvalue weighted by Crippen LogP contribution is 2.22. The summed E-state index contributed by atoms with van der Waals surface area (Å²) in [6, 6.07) is 9.62. The SMILES string of the molecule is C=C(C)c1c(C(=O)OCC)cnn1-c1ccccc1. The maximum Gasteiger partial charge on any atom is 0.341 e. The van der Waals surface area contributed by atoms with Crippen molar-refractivity contribution in [2.24, 2.45) is 0 Å². The molecule has 0 fully saturated rings. The number of aromatic nitrogens is 2. The summed E-state index contributed by atoms with van der Waals surface area (Å²) in [5.41, 5.74) is 2.78. The van der Waals surface area contributed by atoms with Crippen molar-refractivity contribution >= 4 is 11.5 Å². The smallest absolute Gasteiger partial charge is 0.341 e. The molecule has 0 unspecified atom stereocenters. The maximum atomic E-state index is 11.9. The molecular weight excluding hydrogens is 240 g/mol. The van der Waals surface area contributed by atoms with Gasteiger partial charge in [-0.05, 0) is 31.6 Å². The van der Waals surface area contributed by atoms with Gasteiger partial charge in [-0.25, -0.2) is 9.48 Å². The monoisotopic (exact) mass is 256 g/mol. The van der Waals surface area contributed by atoms with Gasteiger partial charge in [0, 0.05) is 0 Å². The average molecular weight is 256 g/mol. The van der Waals surface area contributed by atoms with Crippen molar-refractivity contribution in [3.8, 4) is 5.69 Å². The molecule has 1 aromatic heterocycles. The Hall–Kier alpha value is -2.36. The highest BCUT2D eigenvalue weighted by atomic mass is 16.5. The predicted molar refractivity (Wildman–Crippen MR) is 74.2 cm³/mol. The van der Waals surface area contributed by atoms with Crippen LogP contribution in [-0.4, -0.2) is 22.4 Å². The van der Waals surface area contributed by atoms with Crippen LogP contribution in [0.15, 0.2) is 43.1 Å². The first-order chi connectivity index (χ1) is 9.15. The summed E-state index contributed by atoms with van der Waals surface area (Å²) in [5.74, 6) is -0.373. The molecular formula is C15H16N2O2. The fraction of sp³-hybridized carbons (Fsp3) is 0.200. The van der Waals surface area contributed by atoms with Crippen LogP contribution >= 0.6 is 0 Å². The first-order valence-corrected chi connectivity index (χ1v) is 6.11. The van der Waals surface area contributed by atoms with Crippen molar-refractivity contribution in [3.05, 3.63) is 54.4 Å². The highest BCUT2D eigenvalue weighted by molar-refractivity contribution is 5.94. The second-order valence-corrected chi connectivity index (χ2v) is 4.16. The van der Waals surface area contributed by atoms with Crippen molar-refractivity contribution in [2.75, 3.05) is 6.61 Å². The molecule has 4 nitrogen and oxygen atoms in total. The van der Waals surface area contributed by atoms with E-state index >= 15 is 0 Å². The summed E-state index contributed by atoms with van der Waals surface area (Å²) in [7, 11) is 0. The number of esters is 1. The van der Waals surface area contributed by atoms with Crippen molar-refractivity contribution in [1.82, 2.24) is 9.78 Å². The molecule has 0 atom stereocenters. The molecule has 2 aromatic rings. The zero-order valence-corrected chi connectivity index (χ0v) is 11.1. The molecule has 19 heavy (non-hydrogen) atoms. The number of benzene rings is 1. The molecule has 4 heteroatoms. The molecule has 2 rings (SSSR count). The quantitative estimate of drug-likeness (QED) is 0.790. The van der Waals surface area contributed by atoms with Crippen molar-refractivity contribution < 1.29 is 9.53 Å². The zero-order chi connectivity index (χ0) is 13.8. The third kappa shape index (κ3) is 2.57. The molecule has 0 aliphatic heterocycles. The maximum absolute atomic E-state index is 11.9. The fourth-order valence-corrected chi connectivity index (χ4v) is 1.88. The van der Waals surface area contributed by atoms with Gasteiger partial charge < -0.3 is 4.74 Å². The molecule has 0 N–H and O–H groups in total. The van der Waals surface area contributed by atoms with Crippen LogP contribution < -0.4 is 0 Å². The Morgan fingerprint density at radius 3 is 2.63 bits per heavy atom. The summed E-state index contributed by atoms with van der Waals surface area (Å²) in [4.78, 5) is 11.9. The second-order valence-electron chi connectivity index (χ2n) is 4.16. The predicted octanol–water partition coefficient (Wildman–Crippen LogP) is 3.08. The van der Waals surface area contributed by atoms with E-state index in [9.17, 15) is 4.79 Å². The Labute approximate surface area is 112 Å². The molecule has 0 saturated heterocycles. The van der Waals surface area contributed by atoms with Crippen LogP contribution in [0.25, 0.3) is 11.3 Å². The number of para-hydroxylation sites is 1. The van der Waals surface area contributed by atoms with Gasteiger partial charge in [0.05, 0.1) is 24.2 Å². The summed E-state index contributed by atoms with van der Waals surface area (Å²) in [5, 5.41) is 4.27. The Morgan fingerprint density at radius 2 is 2.05 bits per heavy atom. The Morgan fingerprint density at radius 1 is 1.37 bits per heavy atom. The second kappa shape index (κ2) is 5.52. The van der Waals surface area contributed by atoms with Crippen molar-refractivity contribution in [1.29, 1.82) is 0 Å². The first kappa shape index (κ1) is 13.1. The zero-order valence-electron chi connectivity index (χ0n) is 11.1. The van der Waals surface area contributed by atoms with Gasteiger partial charge in [-0.3, -0.25) is 0 Å². The molecule has 0 spiro atoms. The molecule has 0 aliphatic carbocycles. The molecule has 1 heterocycles. The van der Waals surface area contributed by atoms with E-state index in [0.29, 0.717) is 17.9 Å². The average Bonchev–Trinajstić information content (AvgIpc) is 2.85. The van der Waals surface area contributed by atoms with Crippen LogP contribution in [0.2, 0.25) is 0 Å². The molecule has 1 aromatic carbocycles. The number of carbonyl (C=O) groups excluding carboxylic acids is 1. The summed E-state index contributed by atoms with van der Waals surface area (Å²) in [6.45, 7) is 7.88. The largest absolute Gasteiger partial charge is 0.462 e. The fourth-order valence-electron chi connectivity index (χ4n) is 1.88. The molecule has 98 valence electrons. The topological polar surface area (TPSA) is 44.1 Å². The molecule has 0 radical (unpaired) electrons. The molecule has 0 saturated carbocycles. The number of hydrogen-bond acceptors (Lipinski definition) is 3. The van der Waals surface area contributed by atoms with E-state index in [1.807, 2.05) is 37.3 Å². The van der Waals surface area contributed by atoms with E-state index in [1.54, 1.807) is 11.6 Å². The minimum absolute atomic E-state index is 0.338. The van der Waals surface area contributed by atoms with Crippen LogP contribution in [-0.2, 0) is 4.74 Å². The Bertz CT molecular complexity index is 600. The van der Waals surface area contributed by atoms with Crippen molar-refractivity contribution in [3.63, 3.8) is 0 Å². The molecule has 0 aliphatic rings. The number of hydrogen-bond donors (Lipinski definition) is 0. The summed E-state index contributed by atoms with van der Waals surface area (Å²) >= 11 is 0. The van der Waals surface area contributed by atoms with Crippen LogP contribution in [0.4, 0.5) is 0 Å². The molecule has 0 amide bonds. The van der Waals surface area contributed by atoms with Gasteiger partial charge in [-0.1, -0.05) is 24.8 Å². The number of ether oxygens (including phenoxy) is 1. The Kier molecular flexibility index (Phi) is 3.80. The van der Waals surface area contributed by atoms with E-state index < -0.39 is 0 Å². The Balaban J connectivity index is 2.52. The van der Waals surface area contributed by atoms with Crippen LogP contribution in [0, 0.1) is 0 Å². The van der Waals surface area contributed by atoms with E-state index in [4.69, 9.17) is 4.74 Å². The van der Waals surface area contributed by atoms with Gasteiger partial charge in [0.25, 0.3) is 0 Å². The normalized spacial score (nSPS) is 10.2. The lowest BCUT2D eigenvalue weighted by atomic mass is 10.1.